The van der Waals surface area contributed by atoms with E-state index in [1.807, 2.05) is 42.2 Å². The van der Waals surface area contributed by atoms with Gasteiger partial charge in [0.25, 0.3) is 0 Å². The lowest BCUT2D eigenvalue weighted by Crippen LogP contribution is -2.36. The van der Waals surface area contributed by atoms with Gasteiger partial charge in [-0.05, 0) is 43.5 Å². The number of amides is 1. The Balaban J connectivity index is 1.57. The molecule has 0 aliphatic carbocycles. The summed E-state index contributed by atoms with van der Waals surface area (Å²) in [5, 5.41) is 0. The van der Waals surface area contributed by atoms with Crippen LogP contribution >= 0.6 is 0 Å². The maximum absolute atomic E-state index is 12.9. The van der Waals surface area contributed by atoms with Gasteiger partial charge in [0, 0.05) is 24.6 Å². The summed E-state index contributed by atoms with van der Waals surface area (Å²) in [5.41, 5.74) is 3.75. The van der Waals surface area contributed by atoms with Gasteiger partial charge in [0.05, 0.1) is 17.7 Å². The topological polar surface area (TPSA) is 59.2 Å². The van der Waals surface area contributed by atoms with E-state index in [0.29, 0.717) is 17.3 Å². The standard InChI is InChI=1S/C20H19N3O2/c1-14-17(22-20(25-14)16-7-4-10-21-13-16)12-19(24)23-11-5-8-15-6-2-3-9-18(15)23/h2-4,6-7,9-10,13H,5,8,11-12H2,1H3. The minimum absolute atomic E-state index is 0.0567. The third-order valence-corrected chi connectivity index (χ3v) is 4.53. The van der Waals surface area contributed by atoms with Crippen LogP contribution in [0.3, 0.4) is 0 Å². The Kier molecular flexibility index (Phi) is 4.06. The molecule has 5 heteroatoms. The normalized spacial score (nSPS) is 13.6. The number of aromatic nitrogens is 2. The van der Waals surface area contributed by atoms with E-state index in [-0.39, 0.29) is 12.3 Å². The van der Waals surface area contributed by atoms with E-state index in [1.165, 1.54) is 5.56 Å². The molecule has 1 amide bonds. The van der Waals surface area contributed by atoms with Crippen LogP contribution in [0.5, 0.6) is 0 Å². The van der Waals surface area contributed by atoms with Crippen molar-refractivity contribution in [3.8, 4) is 11.5 Å². The molecule has 0 atom stereocenters. The van der Waals surface area contributed by atoms with Crippen molar-refractivity contribution in [1.29, 1.82) is 0 Å². The Morgan fingerprint density at radius 2 is 2.12 bits per heavy atom. The van der Waals surface area contributed by atoms with Crippen molar-refractivity contribution in [3.63, 3.8) is 0 Å². The molecule has 3 aromatic rings. The number of pyridine rings is 1. The molecule has 1 aliphatic heterocycles. The molecule has 1 aromatic carbocycles. The van der Waals surface area contributed by atoms with Crippen LogP contribution in [0.25, 0.3) is 11.5 Å². The fourth-order valence-corrected chi connectivity index (χ4v) is 3.24. The Labute approximate surface area is 146 Å². The van der Waals surface area contributed by atoms with Gasteiger partial charge < -0.3 is 9.32 Å². The predicted molar refractivity (Wildman–Crippen MR) is 95.3 cm³/mol. The molecular formula is C20H19N3O2. The zero-order valence-electron chi connectivity index (χ0n) is 14.1. The van der Waals surface area contributed by atoms with E-state index in [1.54, 1.807) is 12.4 Å². The highest BCUT2D eigenvalue weighted by Gasteiger charge is 2.24. The number of anilines is 1. The Morgan fingerprint density at radius 1 is 1.24 bits per heavy atom. The summed E-state index contributed by atoms with van der Waals surface area (Å²) in [7, 11) is 0. The molecule has 2 aromatic heterocycles. The summed E-state index contributed by atoms with van der Waals surface area (Å²) in [5.74, 6) is 1.24. The minimum atomic E-state index is 0.0567. The van der Waals surface area contributed by atoms with Gasteiger partial charge in [-0.1, -0.05) is 18.2 Å². The van der Waals surface area contributed by atoms with Crippen LogP contribution in [-0.4, -0.2) is 22.4 Å². The van der Waals surface area contributed by atoms with E-state index in [4.69, 9.17) is 4.42 Å². The number of oxazole rings is 1. The summed E-state index contributed by atoms with van der Waals surface area (Å²) in [6, 6.07) is 11.8. The first-order valence-electron chi connectivity index (χ1n) is 8.47. The summed E-state index contributed by atoms with van der Waals surface area (Å²) >= 11 is 0. The number of carbonyl (C=O) groups is 1. The molecule has 4 rings (SSSR count). The van der Waals surface area contributed by atoms with Crippen LogP contribution in [0.4, 0.5) is 5.69 Å². The number of benzene rings is 1. The van der Waals surface area contributed by atoms with Gasteiger partial charge in [0.1, 0.15) is 5.76 Å². The fourth-order valence-electron chi connectivity index (χ4n) is 3.24. The van der Waals surface area contributed by atoms with Crippen molar-refractivity contribution in [3.05, 3.63) is 65.8 Å². The van der Waals surface area contributed by atoms with Gasteiger partial charge in [-0.3, -0.25) is 9.78 Å². The van der Waals surface area contributed by atoms with Crippen LogP contribution in [0.1, 0.15) is 23.4 Å². The highest BCUT2D eigenvalue weighted by Crippen LogP contribution is 2.28. The molecule has 5 nitrogen and oxygen atoms in total. The molecule has 0 radical (unpaired) electrons. The molecule has 3 heterocycles. The maximum Gasteiger partial charge on any atom is 0.233 e. The number of carbonyl (C=O) groups excluding carboxylic acids is 1. The van der Waals surface area contributed by atoms with Crippen molar-refractivity contribution in [1.82, 2.24) is 9.97 Å². The molecule has 0 saturated heterocycles. The van der Waals surface area contributed by atoms with Crippen LogP contribution in [0.15, 0.2) is 53.2 Å². The van der Waals surface area contributed by atoms with E-state index >= 15 is 0 Å². The molecule has 126 valence electrons. The van der Waals surface area contributed by atoms with Crippen molar-refractivity contribution >= 4 is 11.6 Å². The van der Waals surface area contributed by atoms with Gasteiger partial charge in [-0.15, -0.1) is 0 Å². The zero-order valence-corrected chi connectivity index (χ0v) is 14.1. The monoisotopic (exact) mass is 333 g/mol. The minimum Gasteiger partial charge on any atom is -0.441 e. The Bertz CT molecular complexity index is 902. The lowest BCUT2D eigenvalue weighted by Gasteiger charge is -2.29. The van der Waals surface area contributed by atoms with Crippen molar-refractivity contribution in [2.24, 2.45) is 0 Å². The van der Waals surface area contributed by atoms with E-state index < -0.39 is 0 Å². The van der Waals surface area contributed by atoms with Crippen molar-refractivity contribution < 1.29 is 9.21 Å². The van der Waals surface area contributed by atoms with Gasteiger partial charge in [-0.25, -0.2) is 4.98 Å². The molecule has 0 fully saturated rings. The SMILES string of the molecule is Cc1oc(-c2cccnc2)nc1CC(=O)N1CCCc2ccccc21. The van der Waals surface area contributed by atoms with Crippen LogP contribution in [0.2, 0.25) is 0 Å². The summed E-state index contributed by atoms with van der Waals surface area (Å²) in [6.45, 7) is 2.60. The molecule has 0 spiro atoms. The number of aryl methyl sites for hydroxylation is 2. The number of hydrogen-bond donors (Lipinski definition) is 0. The van der Waals surface area contributed by atoms with Gasteiger partial charge in [0.15, 0.2) is 0 Å². The first-order chi connectivity index (χ1) is 12.2. The number of rotatable bonds is 3. The average Bonchev–Trinajstić information content (AvgIpc) is 3.02. The molecule has 25 heavy (non-hydrogen) atoms. The number of hydrogen-bond acceptors (Lipinski definition) is 4. The van der Waals surface area contributed by atoms with E-state index in [0.717, 1.165) is 30.6 Å². The highest BCUT2D eigenvalue weighted by molar-refractivity contribution is 5.95. The molecular weight excluding hydrogens is 314 g/mol. The predicted octanol–water partition coefficient (Wildman–Crippen LogP) is 3.57. The lowest BCUT2D eigenvalue weighted by atomic mass is 10.0. The quantitative estimate of drug-likeness (QED) is 0.735. The maximum atomic E-state index is 12.9. The van der Waals surface area contributed by atoms with Crippen LogP contribution in [0, 0.1) is 6.92 Å². The average molecular weight is 333 g/mol. The third kappa shape index (κ3) is 3.05. The van der Waals surface area contributed by atoms with E-state index in [9.17, 15) is 4.79 Å². The fraction of sp³-hybridized carbons (Fsp3) is 0.250. The summed E-state index contributed by atoms with van der Waals surface area (Å²) in [6.07, 6.45) is 5.66. The highest BCUT2D eigenvalue weighted by atomic mass is 16.4. The smallest absolute Gasteiger partial charge is 0.233 e. The third-order valence-electron chi connectivity index (χ3n) is 4.53. The van der Waals surface area contributed by atoms with Crippen LogP contribution < -0.4 is 4.90 Å². The number of nitrogens with zero attached hydrogens (tertiary/aromatic N) is 3. The van der Waals surface area contributed by atoms with Crippen molar-refractivity contribution in [2.45, 2.75) is 26.2 Å². The van der Waals surface area contributed by atoms with Crippen molar-refractivity contribution in [2.75, 3.05) is 11.4 Å². The molecule has 0 unspecified atom stereocenters. The zero-order chi connectivity index (χ0) is 17.2. The molecule has 0 bridgehead atoms. The second kappa shape index (κ2) is 6.51. The molecule has 1 aliphatic rings. The van der Waals surface area contributed by atoms with Crippen LogP contribution in [-0.2, 0) is 17.6 Å². The second-order valence-corrected chi connectivity index (χ2v) is 6.22. The largest absolute Gasteiger partial charge is 0.441 e. The van der Waals surface area contributed by atoms with Gasteiger partial charge >= 0.3 is 0 Å². The number of para-hydroxylation sites is 1. The Hall–Kier alpha value is -2.95. The lowest BCUT2D eigenvalue weighted by molar-refractivity contribution is -0.118. The van der Waals surface area contributed by atoms with Gasteiger partial charge in [0.2, 0.25) is 11.8 Å². The Morgan fingerprint density at radius 3 is 2.96 bits per heavy atom. The first-order valence-corrected chi connectivity index (χ1v) is 8.47. The number of fused-ring (bicyclic) bond motifs is 1. The molecule has 0 saturated carbocycles. The summed E-state index contributed by atoms with van der Waals surface area (Å²) < 4.78 is 5.74. The second-order valence-electron chi connectivity index (χ2n) is 6.22. The van der Waals surface area contributed by atoms with Gasteiger partial charge in [-0.2, -0.15) is 0 Å². The first kappa shape index (κ1) is 15.6. The molecule has 0 N–H and O–H groups in total. The van der Waals surface area contributed by atoms with E-state index in [2.05, 4.69) is 16.0 Å². The summed E-state index contributed by atoms with van der Waals surface area (Å²) in [4.78, 5) is 23.3.